The van der Waals surface area contributed by atoms with Gasteiger partial charge in [-0.05, 0) is 36.6 Å². The number of benzene rings is 1. The van der Waals surface area contributed by atoms with Crippen LogP contribution in [0.4, 0.5) is 0 Å². The third-order valence-corrected chi connectivity index (χ3v) is 6.20. The minimum atomic E-state index is -0.128. The summed E-state index contributed by atoms with van der Waals surface area (Å²) in [6, 6.07) is 12.0. The van der Waals surface area contributed by atoms with E-state index in [4.69, 9.17) is 0 Å². The molecule has 0 aliphatic heterocycles. The lowest BCUT2D eigenvalue weighted by Crippen LogP contribution is -2.28. The number of nitrogens with one attached hydrogen (secondary N) is 3. The fraction of sp³-hybridized carbons (Fsp3) is 0.273. The van der Waals surface area contributed by atoms with E-state index < -0.39 is 0 Å². The largest absolute Gasteiger partial charge is 0.342 e. The van der Waals surface area contributed by atoms with Crippen LogP contribution >= 0.6 is 48.6 Å². The molecular formula is C22H25Cl3N6OS. The molecule has 0 saturated heterocycles. The molecule has 1 aromatic carbocycles. The van der Waals surface area contributed by atoms with Gasteiger partial charge in [-0.3, -0.25) is 9.78 Å². The van der Waals surface area contributed by atoms with E-state index in [1.807, 2.05) is 35.7 Å². The van der Waals surface area contributed by atoms with Crippen molar-refractivity contribution in [2.45, 2.75) is 31.8 Å². The second kappa shape index (κ2) is 12.3. The fourth-order valence-electron chi connectivity index (χ4n) is 3.81. The molecule has 1 atom stereocenters. The maximum absolute atomic E-state index is 12.6. The normalized spacial score (nSPS) is 14.0. The van der Waals surface area contributed by atoms with Crippen LogP contribution in [0.3, 0.4) is 0 Å². The van der Waals surface area contributed by atoms with Crippen molar-refractivity contribution in [1.29, 1.82) is 0 Å². The van der Waals surface area contributed by atoms with Gasteiger partial charge >= 0.3 is 0 Å². The topological polar surface area (TPSA) is 95.6 Å². The number of aromatic nitrogens is 4. The van der Waals surface area contributed by atoms with Gasteiger partial charge in [0.25, 0.3) is 5.91 Å². The van der Waals surface area contributed by atoms with Crippen molar-refractivity contribution in [1.82, 2.24) is 30.6 Å². The Hall–Kier alpha value is -2.23. The number of hydrogen-bond acceptors (Lipinski definition) is 6. The number of rotatable bonds is 7. The van der Waals surface area contributed by atoms with Gasteiger partial charge in [0, 0.05) is 24.5 Å². The summed E-state index contributed by atoms with van der Waals surface area (Å²) in [4.78, 5) is 29.4. The van der Waals surface area contributed by atoms with Crippen LogP contribution in [-0.4, -0.2) is 32.4 Å². The van der Waals surface area contributed by atoms with E-state index >= 15 is 0 Å². The van der Waals surface area contributed by atoms with Gasteiger partial charge in [-0.25, -0.2) is 9.97 Å². The molecule has 0 bridgehead atoms. The van der Waals surface area contributed by atoms with E-state index in [0.717, 1.165) is 53.4 Å². The molecule has 0 fully saturated rings. The lowest BCUT2D eigenvalue weighted by Gasteiger charge is -2.11. The molecule has 33 heavy (non-hydrogen) atoms. The predicted molar refractivity (Wildman–Crippen MR) is 138 cm³/mol. The van der Waals surface area contributed by atoms with Crippen molar-refractivity contribution in [3.63, 3.8) is 0 Å². The smallest absolute Gasteiger partial charge is 0.271 e. The van der Waals surface area contributed by atoms with Crippen LogP contribution in [0.15, 0.2) is 48.0 Å². The molecule has 0 spiro atoms. The van der Waals surface area contributed by atoms with E-state index in [1.54, 1.807) is 6.20 Å². The Morgan fingerprint density at radius 2 is 1.97 bits per heavy atom. The van der Waals surface area contributed by atoms with Crippen molar-refractivity contribution in [3.05, 3.63) is 75.8 Å². The number of fused-ring (bicyclic) bond motifs is 2. The van der Waals surface area contributed by atoms with E-state index in [2.05, 4.69) is 36.6 Å². The predicted octanol–water partition coefficient (Wildman–Crippen LogP) is 4.43. The molecule has 1 unspecified atom stereocenters. The minimum Gasteiger partial charge on any atom is -0.342 e. The number of hydrogen-bond donors (Lipinski definition) is 3. The number of carbonyl (C=O) groups excluding carboxylic acids is 1. The summed E-state index contributed by atoms with van der Waals surface area (Å²) in [5.41, 5.74) is 4.71. The number of para-hydroxylation sites is 2. The number of halogens is 3. The van der Waals surface area contributed by atoms with Gasteiger partial charge in [0.2, 0.25) is 0 Å². The van der Waals surface area contributed by atoms with E-state index in [0.29, 0.717) is 12.2 Å². The first kappa shape index (κ1) is 27.0. The molecule has 3 N–H and O–H groups in total. The van der Waals surface area contributed by atoms with Gasteiger partial charge in [0.1, 0.15) is 11.5 Å². The van der Waals surface area contributed by atoms with Crippen molar-refractivity contribution in [2.75, 3.05) is 6.54 Å². The Labute approximate surface area is 214 Å². The molecule has 3 aromatic heterocycles. The van der Waals surface area contributed by atoms with Crippen molar-refractivity contribution < 1.29 is 4.79 Å². The Morgan fingerprint density at radius 1 is 1.12 bits per heavy atom. The highest BCUT2D eigenvalue weighted by molar-refractivity contribution is 7.09. The van der Waals surface area contributed by atoms with Gasteiger partial charge in [-0.2, -0.15) is 0 Å². The van der Waals surface area contributed by atoms with Gasteiger partial charge in [0.05, 0.1) is 34.3 Å². The molecule has 1 amide bonds. The zero-order valence-corrected chi connectivity index (χ0v) is 20.9. The van der Waals surface area contributed by atoms with Crippen molar-refractivity contribution in [3.8, 4) is 0 Å². The third-order valence-electron chi connectivity index (χ3n) is 5.29. The fourth-order valence-corrected chi connectivity index (χ4v) is 4.59. The third kappa shape index (κ3) is 6.22. The molecule has 1 aliphatic carbocycles. The Morgan fingerprint density at radius 3 is 2.82 bits per heavy atom. The van der Waals surface area contributed by atoms with Crippen LogP contribution in [0.5, 0.6) is 0 Å². The summed E-state index contributed by atoms with van der Waals surface area (Å²) in [5, 5.41) is 9.24. The molecule has 0 saturated carbocycles. The molecule has 0 radical (unpaired) electrons. The molecule has 4 aromatic rings. The number of carbonyl (C=O) groups is 1. The van der Waals surface area contributed by atoms with Gasteiger partial charge in [-0.1, -0.05) is 18.2 Å². The van der Waals surface area contributed by atoms with E-state index in [9.17, 15) is 4.79 Å². The van der Waals surface area contributed by atoms with E-state index in [1.165, 1.54) is 16.9 Å². The van der Waals surface area contributed by atoms with E-state index in [-0.39, 0.29) is 49.2 Å². The maximum Gasteiger partial charge on any atom is 0.271 e. The summed E-state index contributed by atoms with van der Waals surface area (Å²) in [7, 11) is 0. The van der Waals surface area contributed by atoms with Crippen LogP contribution in [0.25, 0.3) is 11.0 Å². The number of amides is 1. The monoisotopic (exact) mass is 526 g/mol. The lowest BCUT2D eigenvalue weighted by molar-refractivity contribution is 0.0931. The number of aryl methyl sites for hydroxylation is 1. The van der Waals surface area contributed by atoms with Crippen molar-refractivity contribution >= 4 is 65.5 Å². The minimum absolute atomic E-state index is 0. The number of nitrogens with zero attached hydrogens (tertiary/aromatic N) is 3. The number of pyridine rings is 1. The molecule has 5 rings (SSSR count). The highest BCUT2D eigenvalue weighted by Gasteiger charge is 2.26. The first-order chi connectivity index (χ1) is 14.8. The summed E-state index contributed by atoms with van der Waals surface area (Å²) in [6.45, 7) is 1.44. The van der Waals surface area contributed by atoms with Crippen LogP contribution in [0.1, 0.15) is 45.0 Å². The van der Waals surface area contributed by atoms with Gasteiger partial charge < -0.3 is 15.6 Å². The SMILES string of the molecule is Cl.Cl.Cl.O=C(NC1CCc2cccnc21)c1csc(CCNCc2nc3ccccc3[nH]2)n1. The summed E-state index contributed by atoms with van der Waals surface area (Å²) in [6.07, 6.45) is 4.39. The number of aromatic amines is 1. The average Bonchev–Trinajstić information content (AvgIpc) is 3.49. The summed E-state index contributed by atoms with van der Waals surface area (Å²) >= 11 is 1.52. The second-order valence-electron chi connectivity index (χ2n) is 7.37. The number of H-pyrrole nitrogens is 1. The zero-order valence-electron chi connectivity index (χ0n) is 17.6. The number of imidazole rings is 1. The highest BCUT2D eigenvalue weighted by atomic mass is 35.5. The van der Waals surface area contributed by atoms with Gasteiger partial charge in [-0.15, -0.1) is 48.6 Å². The summed E-state index contributed by atoms with van der Waals surface area (Å²) < 4.78 is 0. The molecular weight excluding hydrogens is 503 g/mol. The standard InChI is InChI=1S/C22H22N6OS.3ClH/c29-22(28-17-8-7-14-4-3-10-24-21(14)17)18-13-30-20(27-18)9-11-23-12-19-25-15-5-1-2-6-16(15)26-19;;;/h1-6,10,13,17,23H,7-9,11-12H2,(H,25,26)(H,28,29);3*1H. The second-order valence-corrected chi connectivity index (χ2v) is 8.31. The molecule has 3 heterocycles. The lowest BCUT2D eigenvalue weighted by atomic mass is 10.2. The zero-order chi connectivity index (χ0) is 20.3. The molecule has 1 aliphatic rings. The summed E-state index contributed by atoms with van der Waals surface area (Å²) in [5.74, 6) is 0.789. The maximum atomic E-state index is 12.6. The Balaban J connectivity index is 0.00000128. The van der Waals surface area contributed by atoms with Gasteiger partial charge in [0.15, 0.2) is 0 Å². The average molecular weight is 528 g/mol. The first-order valence-corrected chi connectivity index (χ1v) is 11.0. The highest BCUT2D eigenvalue weighted by Crippen LogP contribution is 2.29. The number of thiazole rings is 1. The van der Waals surface area contributed by atoms with Crippen LogP contribution in [0.2, 0.25) is 0 Å². The quantitative estimate of drug-likeness (QED) is 0.309. The molecule has 7 nitrogen and oxygen atoms in total. The Bertz CT molecular complexity index is 1160. The van der Waals surface area contributed by atoms with Crippen molar-refractivity contribution in [2.24, 2.45) is 0 Å². The molecule has 176 valence electrons. The Kier molecular flexibility index (Phi) is 10.1. The van der Waals surface area contributed by atoms with Crippen LogP contribution < -0.4 is 10.6 Å². The van der Waals surface area contributed by atoms with Crippen LogP contribution in [0, 0.1) is 0 Å². The molecule has 11 heteroatoms. The first-order valence-electron chi connectivity index (χ1n) is 10.1. The van der Waals surface area contributed by atoms with Crippen LogP contribution in [-0.2, 0) is 19.4 Å².